The summed E-state index contributed by atoms with van der Waals surface area (Å²) >= 11 is 1.19. The predicted octanol–water partition coefficient (Wildman–Crippen LogP) is 0.0853. The molecule has 0 spiro atoms. The Morgan fingerprint density at radius 3 is 3.00 bits per heavy atom. The van der Waals surface area contributed by atoms with Crippen LogP contribution in [0.4, 0.5) is 5.13 Å². The van der Waals surface area contributed by atoms with E-state index in [2.05, 4.69) is 4.98 Å². The van der Waals surface area contributed by atoms with Gasteiger partial charge in [-0.3, -0.25) is 10.5 Å². The molecule has 1 heterocycles. The maximum atomic E-state index is 10.3. The number of primary amides is 1. The molecule has 5 heteroatoms. The highest BCUT2D eigenvalue weighted by atomic mass is 32.1. The number of aromatic nitrogens is 1. The van der Waals surface area contributed by atoms with Crippen molar-refractivity contribution >= 4 is 22.4 Å². The summed E-state index contributed by atoms with van der Waals surface area (Å²) in [6, 6.07) is 0. The van der Waals surface area contributed by atoms with Crippen LogP contribution < -0.4 is 11.5 Å². The van der Waals surface area contributed by atoms with Gasteiger partial charge in [0.2, 0.25) is 11.0 Å². The van der Waals surface area contributed by atoms with Crippen LogP contribution in [0.1, 0.15) is 5.69 Å². The number of nitrogens with one attached hydrogen (secondary N) is 1. The van der Waals surface area contributed by atoms with Crippen molar-refractivity contribution in [2.24, 2.45) is 5.73 Å². The third-order valence-electron chi connectivity index (χ3n) is 0.907. The highest BCUT2D eigenvalue weighted by Gasteiger charge is 2.01. The number of nitrogens with two attached hydrogens (primary N) is 1. The fourth-order valence-electron chi connectivity index (χ4n) is 0.567. The van der Waals surface area contributed by atoms with Gasteiger partial charge in [-0.2, -0.15) is 0 Å². The molecule has 0 fully saturated rings. The molecule has 3 N–H and O–H groups in total. The van der Waals surface area contributed by atoms with Crippen LogP contribution in [0.25, 0.3) is 0 Å². The molecule has 10 heavy (non-hydrogen) atoms. The fraction of sp³-hybridized carbons (Fsp3) is 0.200. The van der Waals surface area contributed by atoms with Crippen LogP contribution in [0, 0.1) is 0 Å². The van der Waals surface area contributed by atoms with Gasteiger partial charge in [0.15, 0.2) is 0 Å². The Labute approximate surface area is 61.9 Å². The number of rotatable bonds is 2. The summed E-state index contributed by atoms with van der Waals surface area (Å²) in [5.74, 6) is -0.412. The highest BCUT2D eigenvalue weighted by molar-refractivity contribution is 7.13. The summed E-state index contributed by atoms with van der Waals surface area (Å²) in [5, 5.41) is 1.88. The highest BCUT2D eigenvalue weighted by Crippen LogP contribution is 2.12. The molecule has 0 aromatic carbocycles. The molecule has 1 radical (unpaired) electrons. The van der Waals surface area contributed by atoms with Gasteiger partial charge in [-0.15, -0.1) is 11.3 Å². The lowest BCUT2D eigenvalue weighted by atomic mass is 10.3. The average Bonchev–Trinajstić information content (AvgIpc) is 2.13. The van der Waals surface area contributed by atoms with E-state index >= 15 is 0 Å². The Morgan fingerprint density at radius 2 is 2.60 bits per heavy atom. The van der Waals surface area contributed by atoms with Crippen LogP contribution in [0.15, 0.2) is 5.38 Å². The Balaban J connectivity index is 2.67. The van der Waals surface area contributed by atoms with Crippen LogP contribution in [0.2, 0.25) is 0 Å². The molecular weight excluding hydrogens is 150 g/mol. The van der Waals surface area contributed by atoms with Gasteiger partial charge < -0.3 is 5.73 Å². The minimum Gasteiger partial charge on any atom is -0.369 e. The van der Waals surface area contributed by atoms with E-state index in [1.54, 1.807) is 5.38 Å². The van der Waals surface area contributed by atoms with Crippen molar-refractivity contribution in [2.45, 2.75) is 6.42 Å². The van der Waals surface area contributed by atoms with Crippen molar-refractivity contribution in [1.29, 1.82) is 0 Å². The molecule has 1 aromatic rings. The number of carbonyl (C=O) groups excluding carboxylic acids is 1. The Kier molecular flexibility index (Phi) is 1.86. The lowest BCUT2D eigenvalue weighted by molar-refractivity contribution is -0.117. The van der Waals surface area contributed by atoms with E-state index in [-0.39, 0.29) is 11.6 Å². The Hall–Kier alpha value is -1.10. The van der Waals surface area contributed by atoms with Crippen LogP contribution in [0.5, 0.6) is 0 Å². The SMILES string of the molecule is [NH]c1nc(CC(N)=O)cs1. The second-order valence-electron chi connectivity index (χ2n) is 1.79. The van der Waals surface area contributed by atoms with Gasteiger partial charge in [0.05, 0.1) is 12.1 Å². The standard InChI is InChI=1S/C5H6N3OS/c6-4(9)1-3-2-10-5(7)8-3/h2,7H,1H2,(H2,6,9). The largest absolute Gasteiger partial charge is 0.369 e. The summed E-state index contributed by atoms with van der Waals surface area (Å²) in [5.41, 5.74) is 12.5. The number of nitrogens with zero attached hydrogens (tertiary/aromatic N) is 1. The smallest absolute Gasteiger partial charge is 0.223 e. The van der Waals surface area contributed by atoms with Gasteiger partial charge in [0, 0.05) is 5.38 Å². The molecular formula is C5H6N3OS. The van der Waals surface area contributed by atoms with Gasteiger partial charge >= 0.3 is 0 Å². The molecule has 0 unspecified atom stereocenters. The van der Waals surface area contributed by atoms with Crippen molar-refractivity contribution in [3.63, 3.8) is 0 Å². The number of thiazole rings is 1. The molecule has 0 saturated carbocycles. The maximum Gasteiger partial charge on any atom is 0.223 e. The summed E-state index contributed by atoms with van der Waals surface area (Å²) in [6.45, 7) is 0. The molecule has 1 rings (SSSR count). The normalized spacial score (nSPS) is 9.60. The maximum absolute atomic E-state index is 10.3. The first-order chi connectivity index (χ1) is 4.68. The zero-order chi connectivity index (χ0) is 7.56. The molecule has 0 saturated heterocycles. The first-order valence-corrected chi connectivity index (χ1v) is 3.51. The molecule has 4 nitrogen and oxygen atoms in total. The lowest BCUT2D eigenvalue weighted by Crippen LogP contribution is -2.13. The molecule has 1 aromatic heterocycles. The van der Waals surface area contributed by atoms with Crippen molar-refractivity contribution in [2.75, 3.05) is 0 Å². The molecule has 0 bridgehead atoms. The van der Waals surface area contributed by atoms with Gasteiger partial charge in [-0.25, -0.2) is 4.98 Å². The van der Waals surface area contributed by atoms with E-state index in [0.717, 1.165) is 0 Å². The molecule has 0 aliphatic heterocycles. The topological polar surface area (TPSA) is 79.8 Å². The predicted molar refractivity (Wildman–Crippen MR) is 37.8 cm³/mol. The first-order valence-electron chi connectivity index (χ1n) is 2.63. The first kappa shape index (κ1) is 7.01. The molecule has 0 atom stereocenters. The second-order valence-corrected chi connectivity index (χ2v) is 2.65. The zero-order valence-corrected chi connectivity index (χ0v) is 5.94. The fourth-order valence-corrected chi connectivity index (χ4v) is 1.12. The van der Waals surface area contributed by atoms with Crippen molar-refractivity contribution in [1.82, 2.24) is 10.7 Å². The minimum absolute atomic E-state index is 0.134. The van der Waals surface area contributed by atoms with Crippen LogP contribution in [0.3, 0.4) is 0 Å². The average molecular weight is 156 g/mol. The number of amides is 1. The molecule has 1 amide bonds. The summed E-state index contributed by atoms with van der Waals surface area (Å²) in [7, 11) is 0. The molecule has 0 aliphatic carbocycles. The van der Waals surface area contributed by atoms with E-state index in [9.17, 15) is 4.79 Å². The van der Waals surface area contributed by atoms with E-state index in [4.69, 9.17) is 11.5 Å². The number of hydrogen-bond donors (Lipinski definition) is 1. The molecule has 53 valence electrons. The van der Waals surface area contributed by atoms with Gasteiger partial charge in [0.25, 0.3) is 0 Å². The third kappa shape index (κ3) is 1.70. The van der Waals surface area contributed by atoms with Crippen LogP contribution in [-0.2, 0) is 11.2 Å². The summed E-state index contributed by atoms with van der Waals surface area (Å²) in [6.07, 6.45) is 0.134. The third-order valence-corrected chi connectivity index (χ3v) is 1.61. The van der Waals surface area contributed by atoms with Crippen molar-refractivity contribution < 1.29 is 4.79 Å². The van der Waals surface area contributed by atoms with E-state index in [0.29, 0.717) is 5.69 Å². The van der Waals surface area contributed by atoms with Crippen molar-refractivity contribution in [3.8, 4) is 0 Å². The Bertz CT molecular complexity index is 245. The number of hydrogen-bond acceptors (Lipinski definition) is 3. The van der Waals surface area contributed by atoms with Gasteiger partial charge in [-0.05, 0) is 0 Å². The van der Waals surface area contributed by atoms with Gasteiger partial charge in [0.1, 0.15) is 0 Å². The van der Waals surface area contributed by atoms with E-state index in [1.807, 2.05) is 0 Å². The summed E-state index contributed by atoms with van der Waals surface area (Å²) < 4.78 is 0. The quantitative estimate of drug-likeness (QED) is 0.658. The van der Waals surface area contributed by atoms with Gasteiger partial charge in [-0.1, -0.05) is 0 Å². The Morgan fingerprint density at radius 1 is 1.90 bits per heavy atom. The zero-order valence-electron chi connectivity index (χ0n) is 5.13. The van der Waals surface area contributed by atoms with E-state index in [1.165, 1.54) is 11.3 Å². The van der Waals surface area contributed by atoms with Crippen LogP contribution in [-0.4, -0.2) is 10.9 Å². The van der Waals surface area contributed by atoms with E-state index < -0.39 is 5.91 Å². The number of carbonyl (C=O) groups is 1. The second kappa shape index (κ2) is 2.66. The minimum atomic E-state index is -0.412. The molecule has 0 aliphatic rings. The summed E-state index contributed by atoms with van der Waals surface area (Å²) in [4.78, 5) is 14.0. The van der Waals surface area contributed by atoms with Crippen molar-refractivity contribution in [3.05, 3.63) is 11.1 Å². The monoisotopic (exact) mass is 156 g/mol. The van der Waals surface area contributed by atoms with Crippen LogP contribution >= 0.6 is 11.3 Å². The lowest BCUT2D eigenvalue weighted by Gasteiger charge is -1.86.